The van der Waals surface area contributed by atoms with Crippen LogP contribution >= 0.6 is 24.0 Å². The molecule has 2 aromatic heterocycles. The summed E-state index contributed by atoms with van der Waals surface area (Å²) in [5.74, 6) is -0.757. The number of carbonyl (C=O) groups is 2. The minimum atomic E-state index is -0.931. The van der Waals surface area contributed by atoms with Crippen molar-refractivity contribution in [1.82, 2.24) is 19.2 Å². The number of aliphatic carboxylic acids is 1. The minimum Gasteiger partial charge on any atom is -0.481 e. The van der Waals surface area contributed by atoms with E-state index in [2.05, 4.69) is 4.90 Å². The first-order valence-corrected chi connectivity index (χ1v) is 12.2. The molecule has 12 heteroatoms. The van der Waals surface area contributed by atoms with E-state index in [4.69, 9.17) is 22.3 Å². The minimum absolute atomic E-state index is 0.0571. The van der Waals surface area contributed by atoms with Gasteiger partial charge in [0.1, 0.15) is 15.8 Å². The van der Waals surface area contributed by atoms with Crippen molar-refractivity contribution in [2.45, 2.75) is 12.8 Å². The number of aromatic nitrogens is 2. The van der Waals surface area contributed by atoms with Gasteiger partial charge >= 0.3 is 5.97 Å². The van der Waals surface area contributed by atoms with Crippen molar-refractivity contribution in [2.24, 2.45) is 0 Å². The SMILES string of the molecule is O=C(O)CCCN1C(=O)C(=Cc2c(N3CCN(CCO)CC3)nc3ccccn3c2=O)SC1=S. The lowest BCUT2D eigenvalue weighted by molar-refractivity contribution is -0.137. The Labute approximate surface area is 205 Å². The molecule has 4 heterocycles. The quantitative estimate of drug-likeness (QED) is 0.397. The second-order valence-corrected chi connectivity index (χ2v) is 9.64. The molecule has 2 aromatic rings. The fraction of sp³-hybridized carbons (Fsp3) is 0.409. The number of hydrogen-bond acceptors (Lipinski definition) is 9. The van der Waals surface area contributed by atoms with Gasteiger partial charge in [-0.3, -0.25) is 28.6 Å². The third-order valence-corrected chi connectivity index (χ3v) is 7.14. The van der Waals surface area contributed by atoms with Crippen LogP contribution in [0.3, 0.4) is 0 Å². The lowest BCUT2D eigenvalue weighted by Crippen LogP contribution is -2.48. The Hall–Kier alpha value is -2.80. The maximum atomic E-state index is 13.4. The zero-order valence-electron chi connectivity index (χ0n) is 18.4. The van der Waals surface area contributed by atoms with Crippen LogP contribution in [0.4, 0.5) is 5.82 Å². The van der Waals surface area contributed by atoms with Gasteiger partial charge in [0.25, 0.3) is 11.5 Å². The van der Waals surface area contributed by atoms with Gasteiger partial charge in [-0.25, -0.2) is 4.98 Å². The number of carboxylic acids is 1. The lowest BCUT2D eigenvalue weighted by Gasteiger charge is -2.35. The van der Waals surface area contributed by atoms with Crippen molar-refractivity contribution in [3.63, 3.8) is 0 Å². The molecule has 2 aliphatic rings. The molecule has 0 radical (unpaired) electrons. The Kier molecular flexibility index (Phi) is 7.61. The van der Waals surface area contributed by atoms with Gasteiger partial charge in [0.15, 0.2) is 0 Å². The van der Waals surface area contributed by atoms with E-state index < -0.39 is 5.97 Å². The van der Waals surface area contributed by atoms with Gasteiger partial charge in [-0.2, -0.15) is 0 Å². The van der Waals surface area contributed by atoms with Gasteiger partial charge < -0.3 is 15.1 Å². The number of pyridine rings is 1. The first kappa shape index (κ1) is 24.3. The van der Waals surface area contributed by atoms with Crippen LogP contribution in [0, 0.1) is 0 Å². The molecule has 0 spiro atoms. The second-order valence-electron chi connectivity index (χ2n) is 7.97. The summed E-state index contributed by atoms with van der Waals surface area (Å²) in [6.45, 7) is 3.61. The summed E-state index contributed by atoms with van der Waals surface area (Å²) in [4.78, 5) is 47.9. The molecule has 0 saturated carbocycles. The molecular formula is C22H25N5O5S2. The highest BCUT2D eigenvalue weighted by Gasteiger charge is 2.33. The number of anilines is 1. The van der Waals surface area contributed by atoms with Crippen molar-refractivity contribution in [2.75, 3.05) is 50.8 Å². The number of hydrogen-bond donors (Lipinski definition) is 2. The van der Waals surface area contributed by atoms with Crippen molar-refractivity contribution in [3.05, 3.63) is 45.2 Å². The molecule has 1 amide bonds. The fourth-order valence-electron chi connectivity index (χ4n) is 4.00. The van der Waals surface area contributed by atoms with Crippen molar-refractivity contribution >= 4 is 57.7 Å². The summed E-state index contributed by atoms with van der Waals surface area (Å²) in [7, 11) is 0. The van der Waals surface area contributed by atoms with Crippen LogP contribution in [-0.2, 0) is 9.59 Å². The normalized spacial score (nSPS) is 18.4. The van der Waals surface area contributed by atoms with Gasteiger partial charge in [0.2, 0.25) is 0 Å². The molecule has 2 aliphatic heterocycles. The summed E-state index contributed by atoms with van der Waals surface area (Å²) in [6.07, 6.45) is 3.43. The number of rotatable bonds is 8. The molecule has 0 aromatic carbocycles. The summed E-state index contributed by atoms with van der Waals surface area (Å²) >= 11 is 6.44. The molecule has 0 aliphatic carbocycles. The van der Waals surface area contributed by atoms with Crippen LogP contribution in [0.1, 0.15) is 18.4 Å². The maximum absolute atomic E-state index is 13.4. The predicted molar refractivity (Wildman–Crippen MR) is 134 cm³/mol. The fourth-order valence-corrected chi connectivity index (χ4v) is 5.29. The largest absolute Gasteiger partial charge is 0.481 e. The molecule has 10 nitrogen and oxygen atoms in total. The van der Waals surface area contributed by atoms with Crippen molar-refractivity contribution in [1.29, 1.82) is 0 Å². The average Bonchev–Trinajstić information content (AvgIpc) is 3.09. The van der Waals surface area contributed by atoms with Crippen LogP contribution in [0.5, 0.6) is 0 Å². The van der Waals surface area contributed by atoms with Crippen LogP contribution in [0.2, 0.25) is 0 Å². The number of carboxylic acid groups (broad SMARTS) is 1. The van der Waals surface area contributed by atoms with Gasteiger partial charge in [-0.15, -0.1) is 0 Å². The number of thioether (sulfide) groups is 1. The highest BCUT2D eigenvalue weighted by Crippen LogP contribution is 2.33. The van der Waals surface area contributed by atoms with E-state index in [1.165, 1.54) is 9.30 Å². The number of β-amino-alcohol motifs (C(OH)–C–C–N with tert-alkyl or cyclic N) is 1. The summed E-state index contributed by atoms with van der Waals surface area (Å²) < 4.78 is 1.79. The number of nitrogens with zero attached hydrogens (tertiary/aromatic N) is 5. The van der Waals surface area contributed by atoms with E-state index in [1.807, 2.05) is 11.0 Å². The molecule has 0 atom stereocenters. The van der Waals surface area contributed by atoms with E-state index >= 15 is 0 Å². The molecule has 2 saturated heterocycles. The Balaban J connectivity index is 1.68. The Bertz CT molecular complexity index is 1210. The van der Waals surface area contributed by atoms with E-state index in [0.29, 0.717) is 52.3 Å². The molecule has 2 fully saturated rings. The van der Waals surface area contributed by atoms with Crippen LogP contribution < -0.4 is 10.5 Å². The van der Waals surface area contributed by atoms with Gasteiger partial charge in [0, 0.05) is 51.9 Å². The smallest absolute Gasteiger partial charge is 0.303 e. The number of carbonyl (C=O) groups excluding carboxylic acids is 1. The first-order chi connectivity index (χ1) is 16.4. The van der Waals surface area contributed by atoms with Crippen LogP contribution in [0.15, 0.2) is 34.1 Å². The summed E-state index contributed by atoms with van der Waals surface area (Å²) in [5.41, 5.74) is 0.540. The number of piperazine rings is 1. The van der Waals surface area contributed by atoms with Crippen molar-refractivity contribution in [3.8, 4) is 0 Å². The Morgan fingerprint density at radius 2 is 1.94 bits per heavy atom. The van der Waals surface area contributed by atoms with Crippen LogP contribution in [0.25, 0.3) is 11.7 Å². The van der Waals surface area contributed by atoms with E-state index in [1.54, 1.807) is 24.4 Å². The van der Waals surface area contributed by atoms with E-state index in [-0.39, 0.29) is 31.0 Å². The number of amides is 1. The van der Waals surface area contributed by atoms with Gasteiger partial charge in [-0.1, -0.05) is 30.0 Å². The highest BCUT2D eigenvalue weighted by molar-refractivity contribution is 8.26. The maximum Gasteiger partial charge on any atom is 0.303 e. The number of aliphatic hydroxyl groups excluding tert-OH is 1. The Morgan fingerprint density at radius 1 is 1.18 bits per heavy atom. The number of thiocarbonyl (C=S) groups is 1. The molecule has 34 heavy (non-hydrogen) atoms. The molecular weight excluding hydrogens is 478 g/mol. The molecule has 0 bridgehead atoms. The molecule has 4 rings (SSSR count). The average molecular weight is 504 g/mol. The van der Waals surface area contributed by atoms with E-state index in [9.17, 15) is 19.5 Å². The zero-order valence-corrected chi connectivity index (χ0v) is 20.1. The molecule has 2 N–H and O–H groups in total. The monoisotopic (exact) mass is 503 g/mol. The topological polar surface area (TPSA) is 119 Å². The summed E-state index contributed by atoms with van der Waals surface area (Å²) in [6, 6.07) is 5.32. The predicted octanol–water partition coefficient (Wildman–Crippen LogP) is 0.875. The van der Waals surface area contributed by atoms with E-state index in [0.717, 1.165) is 24.9 Å². The molecule has 0 unspecified atom stereocenters. The van der Waals surface area contributed by atoms with Gasteiger partial charge in [0.05, 0.1) is 17.1 Å². The van der Waals surface area contributed by atoms with Crippen molar-refractivity contribution < 1.29 is 19.8 Å². The van der Waals surface area contributed by atoms with Crippen LogP contribution in [-0.4, -0.2) is 91.5 Å². The molecule has 180 valence electrons. The third kappa shape index (κ3) is 5.14. The Morgan fingerprint density at radius 3 is 2.65 bits per heavy atom. The standard InChI is InChI=1S/C22H25N5O5S2/c28-13-12-24-8-10-25(11-9-24)19-15(20(31)26-6-2-1-4-17(26)23-19)14-16-21(32)27(22(33)34-16)7-3-5-18(29)30/h1-2,4,6,14,28H,3,5,7-13H2,(H,29,30). The zero-order chi connectivity index (χ0) is 24.2. The summed E-state index contributed by atoms with van der Waals surface area (Å²) in [5, 5.41) is 18.1. The highest BCUT2D eigenvalue weighted by atomic mass is 32.2. The third-order valence-electron chi connectivity index (χ3n) is 5.76. The number of fused-ring (bicyclic) bond motifs is 1. The number of aliphatic hydroxyl groups is 1. The first-order valence-electron chi connectivity index (χ1n) is 11.0. The second kappa shape index (κ2) is 10.6. The van der Waals surface area contributed by atoms with Gasteiger partial charge in [-0.05, 0) is 24.6 Å². The lowest BCUT2D eigenvalue weighted by atomic mass is 10.2.